The lowest BCUT2D eigenvalue weighted by atomic mass is 10.1. The fourth-order valence-corrected chi connectivity index (χ4v) is 2.68. The van der Waals surface area contributed by atoms with E-state index in [4.69, 9.17) is 0 Å². The molecule has 0 saturated carbocycles. The molecular formula is C17H19N3O. The lowest BCUT2D eigenvalue weighted by molar-refractivity contribution is 0.0933. The molecule has 21 heavy (non-hydrogen) atoms. The third-order valence-electron chi connectivity index (χ3n) is 3.72. The number of carbonyl (C=O) groups is 1. The summed E-state index contributed by atoms with van der Waals surface area (Å²) in [6.45, 7) is 4.13. The van der Waals surface area contributed by atoms with Gasteiger partial charge in [0.05, 0.1) is 11.7 Å². The van der Waals surface area contributed by atoms with Crippen LogP contribution in [0.3, 0.4) is 0 Å². The monoisotopic (exact) mass is 281 g/mol. The first-order chi connectivity index (χ1) is 10.2. The smallest absolute Gasteiger partial charge is 0.270 e. The van der Waals surface area contributed by atoms with Crippen LogP contribution in [-0.4, -0.2) is 21.9 Å². The molecule has 4 heteroatoms. The summed E-state index contributed by atoms with van der Waals surface area (Å²) in [5.74, 6) is -0.108. The van der Waals surface area contributed by atoms with Gasteiger partial charge in [-0.25, -0.2) is 4.98 Å². The zero-order valence-corrected chi connectivity index (χ0v) is 12.3. The Morgan fingerprint density at radius 2 is 2.10 bits per heavy atom. The molecule has 1 aromatic carbocycles. The van der Waals surface area contributed by atoms with Gasteiger partial charge >= 0.3 is 0 Å². The number of para-hydroxylation sites is 1. The van der Waals surface area contributed by atoms with Crippen LogP contribution in [0.2, 0.25) is 0 Å². The van der Waals surface area contributed by atoms with Crippen LogP contribution < -0.4 is 5.32 Å². The van der Waals surface area contributed by atoms with Gasteiger partial charge in [0.2, 0.25) is 0 Å². The first-order valence-electron chi connectivity index (χ1n) is 7.36. The summed E-state index contributed by atoms with van der Waals surface area (Å²) in [6, 6.07) is 10.1. The number of aromatic nitrogens is 2. The average Bonchev–Trinajstić information content (AvgIpc) is 2.85. The standard InChI is InChI=1S/C17H19N3O/c1-3-6-11(2)19-17(21)15-9-13-12-7-4-5-8-14(12)20-16(13)10-18-15/h4-5,7-11,20H,3,6H2,1-2H3,(H,19,21). The zero-order valence-electron chi connectivity index (χ0n) is 12.3. The molecule has 108 valence electrons. The number of nitrogens with zero attached hydrogens (tertiary/aromatic N) is 1. The lowest BCUT2D eigenvalue weighted by Crippen LogP contribution is -2.32. The van der Waals surface area contributed by atoms with E-state index in [0.717, 1.165) is 34.6 Å². The molecule has 0 bridgehead atoms. The normalized spacial score (nSPS) is 12.7. The molecule has 4 nitrogen and oxygen atoms in total. The number of amides is 1. The second-order valence-electron chi connectivity index (χ2n) is 5.45. The van der Waals surface area contributed by atoms with E-state index in [1.165, 1.54) is 0 Å². The van der Waals surface area contributed by atoms with Gasteiger partial charge in [-0.15, -0.1) is 0 Å². The highest BCUT2D eigenvalue weighted by molar-refractivity contribution is 6.09. The van der Waals surface area contributed by atoms with E-state index in [2.05, 4.69) is 28.3 Å². The second kappa shape index (κ2) is 5.56. The number of hydrogen-bond donors (Lipinski definition) is 2. The van der Waals surface area contributed by atoms with E-state index in [9.17, 15) is 4.79 Å². The molecule has 0 spiro atoms. The Labute approximate surface area is 123 Å². The van der Waals surface area contributed by atoms with Gasteiger partial charge in [-0.05, 0) is 25.5 Å². The van der Waals surface area contributed by atoms with Crippen LogP contribution in [0, 0.1) is 0 Å². The molecule has 0 fully saturated rings. The molecule has 2 N–H and O–H groups in total. The van der Waals surface area contributed by atoms with Gasteiger partial charge in [-0.1, -0.05) is 31.5 Å². The molecule has 0 radical (unpaired) electrons. The summed E-state index contributed by atoms with van der Waals surface area (Å²) in [4.78, 5) is 19.8. The minimum atomic E-state index is -0.108. The summed E-state index contributed by atoms with van der Waals surface area (Å²) in [5, 5.41) is 5.14. The summed E-state index contributed by atoms with van der Waals surface area (Å²) >= 11 is 0. The molecule has 3 rings (SSSR count). The van der Waals surface area contributed by atoms with Crippen LogP contribution in [0.25, 0.3) is 21.8 Å². The zero-order chi connectivity index (χ0) is 14.8. The number of benzene rings is 1. The molecule has 0 aliphatic carbocycles. The van der Waals surface area contributed by atoms with Crippen molar-refractivity contribution in [2.75, 3.05) is 0 Å². The van der Waals surface area contributed by atoms with E-state index in [-0.39, 0.29) is 11.9 Å². The average molecular weight is 281 g/mol. The highest BCUT2D eigenvalue weighted by Crippen LogP contribution is 2.24. The Hall–Kier alpha value is -2.36. The van der Waals surface area contributed by atoms with Crippen molar-refractivity contribution in [3.63, 3.8) is 0 Å². The van der Waals surface area contributed by atoms with Crippen LogP contribution in [0.5, 0.6) is 0 Å². The van der Waals surface area contributed by atoms with Crippen LogP contribution >= 0.6 is 0 Å². The van der Waals surface area contributed by atoms with Gasteiger partial charge in [0, 0.05) is 22.3 Å². The number of rotatable bonds is 4. The van der Waals surface area contributed by atoms with Crippen LogP contribution in [-0.2, 0) is 0 Å². The van der Waals surface area contributed by atoms with Crippen LogP contribution in [0.4, 0.5) is 0 Å². The maximum absolute atomic E-state index is 12.2. The number of hydrogen-bond acceptors (Lipinski definition) is 2. The van der Waals surface area contributed by atoms with E-state index in [0.29, 0.717) is 5.69 Å². The second-order valence-corrected chi connectivity index (χ2v) is 5.45. The van der Waals surface area contributed by atoms with E-state index >= 15 is 0 Å². The number of aromatic amines is 1. The van der Waals surface area contributed by atoms with Crippen LogP contribution in [0.15, 0.2) is 36.5 Å². The van der Waals surface area contributed by atoms with E-state index in [1.54, 1.807) is 6.20 Å². The number of fused-ring (bicyclic) bond motifs is 3. The van der Waals surface area contributed by atoms with E-state index < -0.39 is 0 Å². The van der Waals surface area contributed by atoms with Crippen molar-refractivity contribution >= 4 is 27.7 Å². The summed E-state index contributed by atoms with van der Waals surface area (Å²) in [7, 11) is 0. The Bertz CT molecular complexity index is 791. The summed E-state index contributed by atoms with van der Waals surface area (Å²) in [6.07, 6.45) is 3.76. The number of nitrogens with one attached hydrogen (secondary N) is 2. The summed E-state index contributed by atoms with van der Waals surface area (Å²) < 4.78 is 0. The van der Waals surface area contributed by atoms with Crippen molar-refractivity contribution in [1.82, 2.24) is 15.3 Å². The van der Waals surface area contributed by atoms with Gasteiger partial charge < -0.3 is 10.3 Å². The third-order valence-corrected chi connectivity index (χ3v) is 3.72. The van der Waals surface area contributed by atoms with Crippen molar-refractivity contribution in [2.45, 2.75) is 32.7 Å². The van der Waals surface area contributed by atoms with Gasteiger partial charge in [0.25, 0.3) is 5.91 Å². The first-order valence-corrected chi connectivity index (χ1v) is 7.36. The molecule has 2 aromatic heterocycles. The summed E-state index contributed by atoms with van der Waals surface area (Å²) in [5.41, 5.74) is 2.48. The topological polar surface area (TPSA) is 57.8 Å². The molecule has 2 heterocycles. The Morgan fingerprint density at radius 1 is 1.29 bits per heavy atom. The predicted molar refractivity (Wildman–Crippen MR) is 85.4 cm³/mol. The molecule has 1 unspecified atom stereocenters. The first kappa shape index (κ1) is 13.6. The van der Waals surface area contributed by atoms with Crippen molar-refractivity contribution < 1.29 is 4.79 Å². The Balaban J connectivity index is 1.96. The fourth-order valence-electron chi connectivity index (χ4n) is 2.68. The Morgan fingerprint density at radius 3 is 2.90 bits per heavy atom. The molecule has 0 saturated heterocycles. The molecule has 1 atom stereocenters. The quantitative estimate of drug-likeness (QED) is 0.767. The maximum Gasteiger partial charge on any atom is 0.270 e. The third kappa shape index (κ3) is 2.61. The highest BCUT2D eigenvalue weighted by atomic mass is 16.1. The van der Waals surface area contributed by atoms with Crippen LogP contribution in [0.1, 0.15) is 37.2 Å². The van der Waals surface area contributed by atoms with Crippen molar-refractivity contribution in [3.8, 4) is 0 Å². The van der Waals surface area contributed by atoms with Gasteiger partial charge in [0.15, 0.2) is 0 Å². The predicted octanol–water partition coefficient (Wildman–Crippen LogP) is 3.63. The minimum absolute atomic E-state index is 0.108. The lowest BCUT2D eigenvalue weighted by Gasteiger charge is -2.12. The molecule has 0 aliphatic rings. The SMILES string of the molecule is CCCC(C)NC(=O)c1cc2c(cn1)[nH]c1ccccc12. The highest BCUT2D eigenvalue weighted by Gasteiger charge is 2.13. The minimum Gasteiger partial charge on any atom is -0.353 e. The van der Waals surface area contributed by atoms with Gasteiger partial charge in [-0.2, -0.15) is 0 Å². The molecule has 3 aromatic rings. The van der Waals surface area contributed by atoms with Crippen molar-refractivity contribution in [1.29, 1.82) is 0 Å². The Kier molecular flexibility index (Phi) is 3.60. The van der Waals surface area contributed by atoms with Crippen molar-refractivity contribution in [2.24, 2.45) is 0 Å². The molecule has 0 aliphatic heterocycles. The molecular weight excluding hydrogens is 262 g/mol. The van der Waals surface area contributed by atoms with E-state index in [1.807, 2.05) is 31.2 Å². The van der Waals surface area contributed by atoms with Crippen molar-refractivity contribution in [3.05, 3.63) is 42.2 Å². The number of H-pyrrole nitrogens is 1. The fraction of sp³-hybridized carbons (Fsp3) is 0.294. The molecule has 1 amide bonds. The van der Waals surface area contributed by atoms with Gasteiger partial charge in [-0.3, -0.25) is 4.79 Å². The number of pyridine rings is 1. The number of carbonyl (C=O) groups excluding carboxylic acids is 1. The largest absolute Gasteiger partial charge is 0.353 e. The maximum atomic E-state index is 12.2. The van der Waals surface area contributed by atoms with Gasteiger partial charge in [0.1, 0.15) is 5.69 Å².